The second-order valence-corrected chi connectivity index (χ2v) is 6.96. The Hall–Kier alpha value is -3.56. The third kappa shape index (κ3) is 5.03. The Morgan fingerprint density at radius 1 is 1.17 bits per heavy atom. The first-order valence-electron chi connectivity index (χ1n) is 8.02. The molecule has 3 rings (SSSR count). The average Bonchev–Trinajstić information content (AvgIpc) is 3.20. The van der Waals surface area contributed by atoms with Crippen LogP contribution in [0.5, 0.6) is 5.75 Å². The molecular weight excluding hydrogens is 406 g/mol. The Balaban J connectivity index is 1.97. The molecule has 0 aliphatic heterocycles. The van der Waals surface area contributed by atoms with Gasteiger partial charge in [-0.1, -0.05) is 6.07 Å². The van der Waals surface area contributed by atoms with Gasteiger partial charge in [-0.25, -0.2) is 13.5 Å². The maximum Gasteiger partial charge on any atom is 0.380 e. The number of anilines is 1. The van der Waals surface area contributed by atoms with Gasteiger partial charge in [-0.3, -0.25) is 5.01 Å². The van der Waals surface area contributed by atoms with Crippen molar-refractivity contribution in [2.45, 2.75) is 13.0 Å². The summed E-state index contributed by atoms with van der Waals surface area (Å²) in [5, 5.41) is 22.9. The lowest BCUT2D eigenvalue weighted by Crippen LogP contribution is -2.28. The van der Waals surface area contributed by atoms with E-state index in [0.29, 0.717) is 16.8 Å². The number of halogens is 2. The predicted molar refractivity (Wildman–Crippen MR) is 97.9 cm³/mol. The van der Waals surface area contributed by atoms with Crippen molar-refractivity contribution in [2.75, 3.05) is 5.01 Å². The molecule has 0 fully saturated rings. The van der Waals surface area contributed by atoms with E-state index in [4.69, 9.17) is 10.4 Å². The Labute approximate surface area is 164 Å². The van der Waals surface area contributed by atoms with Crippen LogP contribution in [-0.2, 0) is 16.8 Å². The van der Waals surface area contributed by atoms with Crippen LogP contribution in [0.2, 0.25) is 0 Å². The van der Waals surface area contributed by atoms with Crippen molar-refractivity contribution in [3.63, 3.8) is 0 Å². The van der Waals surface area contributed by atoms with Gasteiger partial charge in [-0.2, -0.15) is 18.8 Å². The zero-order chi connectivity index (χ0) is 21.0. The summed E-state index contributed by atoms with van der Waals surface area (Å²) >= 11 is 0. The average molecular weight is 420 g/mol. The van der Waals surface area contributed by atoms with Gasteiger partial charge in [0.2, 0.25) is 0 Å². The van der Waals surface area contributed by atoms with Gasteiger partial charge >= 0.3 is 10.3 Å². The largest absolute Gasteiger partial charge is 0.380 e. The maximum absolute atomic E-state index is 13.4. The molecule has 12 heteroatoms. The number of hydrogen-bond acceptors (Lipinski definition) is 7. The van der Waals surface area contributed by atoms with Crippen LogP contribution in [-0.4, -0.2) is 23.3 Å². The number of hydrogen-bond donors (Lipinski definition) is 1. The zero-order valence-corrected chi connectivity index (χ0v) is 15.5. The van der Waals surface area contributed by atoms with E-state index in [9.17, 15) is 17.2 Å². The van der Waals surface area contributed by atoms with Crippen LogP contribution in [0.15, 0.2) is 55.1 Å². The summed E-state index contributed by atoms with van der Waals surface area (Å²) < 4.78 is 55.0. The van der Waals surface area contributed by atoms with E-state index >= 15 is 0 Å². The summed E-state index contributed by atoms with van der Waals surface area (Å²) in [4.78, 5) is 0. The summed E-state index contributed by atoms with van der Waals surface area (Å²) in [6.45, 7) is 0.110. The number of nitrogens with zero attached hydrogens (tertiary/aromatic N) is 5. The van der Waals surface area contributed by atoms with E-state index in [-0.39, 0.29) is 6.54 Å². The molecule has 0 unspecified atom stereocenters. The molecule has 0 aliphatic rings. The van der Waals surface area contributed by atoms with E-state index < -0.39 is 28.0 Å². The minimum atomic E-state index is -4.44. The van der Waals surface area contributed by atoms with Crippen LogP contribution < -0.4 is 14.3 Å². The van der Waals surface area contributed by atoms with Crippen molar-refractivity contribution >= 4 is 16.0 Å². The standard InChI is InChI=1S/C17H14F2N6O3S/c18-17(19)15-7-13(3-6-16(15)28-29(21,26)27)9-25(24-10-22-23-11-24)14-4-1-12(8-20)2-5-14/h1-7,10-11,17H,9H2,(H2,21,26,27). The summed E-state index contributed by atoms with van der Waals surface area (Å²) in [6.07, 6.45) is -0.139. The first kappa shape index (κ1) is 20.2. The second kappa shape index (κ2) is 8.21. The number of nitrogens with two attached hydrogens (primary N) is 1. The molecule has 2 N–H and O–H groups in total. The molecule has 1 heterocycles. The molecular formula is C17H14F2N6O3S. The molecule has 0 amide bonds. The number of alkyl halides is 2. The molecule has 1 aromatic heterocycles. The third-order valence-corrected chi connectivity index (χ3v) is 4.24. The molecule has 0 radical (unpaired) electrons. The number of rotatable bonds is 7. The van der Waals surface area contributed by atoms with Gasteiger partial charge in [-0.05, 0) is 42.0 Å². The molecule has 0 atom stereocenters. The van der Waals surface area contributed by atoms with Crippen LogP contribution in [0, 0.1) is 11.3 Å². The first-order chi connectivity index (χ1) is 13.8. The number of benzene rings is 2. The monoisotopic (exact) mass is 420 g/mol. The maximum atomic E-state index is 13.4. The molecule has 150 valence electrons. The molecule has 29 heavy (non-hydrogen) atoms. The van der Waals surface area contributed by atoms with E-state index in [1.165, 1.54) is 23.4 Å². The Morgan fingerprint density at radius 3 is 2.38 bits per heavy atom. The number of nitriles is 1. The van der Waals surface area contributed by atoms with Gasteiger partial charge in [0, 0.05) is 0 Å². The predicted octanol–water partition coefficient (Wildman–Crippen LogP) is 2.14. The second-order valence-electron chi connectivity index (χ2n) is 5.81. The quantitative estimate of drug-likeness (QED) is 0.620. The van der Waals surface area contributed by atoms with Gasteiger partial charge in [-0.15, -0.1) is 10.2 Å². The minimum Gasteiger partial charge on any atom is -0.371 e. The van der Waals surface area contributed by atoms with Gasteiger partial charge in [0.1, 0.15) is 12.7 Å². The number of aromatic nitrogens is 3. The molecule has 0 saturated heterocycles. The van der Waals surface area contributed by atoms with Crippen LogP contribution in [0.25, 0.3) is 0 Å². The fourth-order valence-corrected chi connectivity index (χ4v) is 2.98. The first-order valence-corrected chi connectivity index (χ1v) is 9.50. The van der Waals surface area contributed by atoms with E-state index in [1.807, 2.05) is 6.07 Å². The van der Waals surface area contributed by atoms with Crippen molar-refractivity contribution < 1.29 is 21.4 Å². The highest BCUT2D eigenvalue weighted by molar-refractivity contribution is 7.84. The van der Waals surface area contributed by atoms with Gasteiger partial charge in [0.15, 0.2) is 5.75 Å². The fraction of sp³-hybridized carbons (Fsp3) is 0.118. The van der Waals surface area contributed by atoms with Gasteiger partial charge in [0.05, 0.1) is 29.4 Å². The fourth-order valence-electron chi connectivity index (χ4n) is 2.58. The summed E-state index contributed by atoms with van der Waals surface area (Å²) in [7, 11) is -4.44. The lowest BCUT2D eigenvalue weighted by molar-refractivity contribution is 0.149. The topological polar surface area (TPSA) is 127 Å². The molecule has 0 saturated carbocycles. The molecule has 9 nitrogen and oxygen atoms in total. The summed E-state index contributed by atoms with van der Waals surface area (Å²) in [5.74, 6) is -0.541. The van der Waals surface area contributed by atoms with Crippen molar-refractivity contribution in [3.8, 4) is 11.8 Å². The van der Waals surface area contributed by atoms with Crippen molar-refractivity contribution in [2.24, 2.45) is 5.14 Å². The SMILES string of the molecule is N#Cc1ccc(N(Cc2ccc(OS(N)(=O)=O)c(C(F)F)c2)n2cnnc2)cc1. The zero-order valence-electron chi connectivity index (χ0n) is 14.7. The van der Waals surface area contributed by atoms with Crippen molar-refractivity contribution in [1.29, 1.82) is 5.26 Å². The Morgan fingerprint density at radius 2 is 1.83 bits per heavy atom. The Kier molecular flexibility index (Phi) is 5.71. The molecule has 0 spiro atoms. The van der Waals surface area contributed by atoms with Crippen LogP contribution >= 0.6 is 0 Å². The minimum absolute atomic E-state index is 0.110. The lowest BCUT2D eigenvalue weighted by Gasteiger charge is -2.25. The van der Waals surface area contributed by atoms with E-state index in [2.05, 4.69) is 14.4 Å². The van der Waals surface area contributed by atoms with E-state index in [1.54, 1.807) is 29.3 Å². The Bertz CT molecular complexity index is 1130. The molecule has 2 aromatic carbocycles. The van der Waals surface area contributed by atoms with Crippen molar-refractivity contribution in [1.82, 2.24) is 14.9 Å². The van der Waals surface area contributed by atoms with Crippen LogP contribution in [0.4, 0.5) is 14.5 Å². The van der Waals surface area contributed by atoms with Crippen LogP contribution in [0.1, 0.15) is 23.1 Å². The van der Waals surface area contributed by atoms with Crippen LogP contribution in [0.3, 0.4) is 0 Å². The summed E-state index contributed by atoms with van der Waals surface area (Å²) in [5.41, 5.74) is 0.925. The lowest BCUT2D eigenvalue weighted by atomic mass is 10.1. The van der Waals surface area contributed by atoms with Gasteiger partial charge < -0.3 is 4.18 Å². The highest BCUT2D eigenvalue weighted by atomic mass is 32.2. The van der Waals surface area contributed by atoms with Gasteiger partial charge in [0.25, 0.3) is 6.43 Å². The van der Waals surface area contributed by atoms with E-state index in [0.717, 1.165) is 12.1 Å². The normalized spacial score (nSPS) is 11.3. The van der Waals surface area contributed by atoms with Crippen molar-refractivity contribution in [3.05, 3.63) is 71.8 Å². The molecule has 0 bridgehead atoms. The third-order valence-electron chi connectivity index (χ3n) is 3.83. The summed E-state index contributed by atoms with van der Waals surface area (Å²) in [6, 6.07) is 12.3. The molecule has 3 aromatic rings. The smallest absolute Gasteiger partial charge is 0.371 e. The highest BCUT2D eigenvalue weighted by Crippen LogP contribution is 2.31. The molecule has 0 aliphatic carbocycles. The highest BCUT2D eigenvalue weighted by Gasteiger charge is 2.20.